The molecule has 20 heavy (non-hydrogen) atoms. The Morgan fingerprint density at radius 1 is 1.10 bits per heavy atom. The van der Waals surface area contributed by atoms with E-state index in [-0.39, 0.29) is 0 Å². The van der Waals surface area contributed by atoms with Gasteiger partial charge in [0.25, 0.3) is 0 Å². The second-order valence-corrected chi connectivity index (χ2v) is 5.62. The lowest BCUT2D eigenvalue weighted by Gasteiger charge is -2.13. The molecule has 2 aromatic carbocycles. The van der Waals surface area contributed by atoms with Gasteiger partial charge in [-0.25, -0.2) is 0 Å². The van der Waals surface area contributed by atoms with E-state index in [1.165, 1.54) is 11.3 Å². The average Bonchev–Trinajstić information content (AvgIpc) is 2.45. The van der Waals surface area contributed by atoms with Crippen LogP contribution in [0.5, 0.6) is 5.75 Å². The van der Waals surface area contributed by atoms with Crippen LogP contribution >= 0.6 is 15.9 Å². The minimum absolute atomic E-state index is 0.798. The fourth-order valence-electron chi connectivity index (χ4n) is 1.89. The van der Waals surface area contributed by atoms with E-state index >= 15 is 0 Å². The molecule has 0 bridgehead atoms. The number of benzene rings is 2. The fraction of sp³-hybridized carbons (Fsp3) is 0.250. The first-order valence-electron chi connectivity index (χ1n) is 6.44. The number of methoxy groups -OCH3 is 1. The number of hydrogen-bond donors (Lipinski definition) is 1. The third-order valence-corrected chi connectivity index (χ3v) is 3.72. The summed E-state index contributed by atoms with van der Waals surface area (Å²) in [5.74, 6) is 0.839. The molecule has 0 radical (unpaired) electrons. The molecule has 1 N–H and O–H groups in total. The van der Waals surface area contributed by atoms with Crippen LogP contribution in [0.4, 0.5) is 11.4 Å². The number of halogens is 1. The van der Waals surface area contributed by atoms with Gasteiger partial charge in [0.1, 0.15) is 5.75 Å². The first-order chi connectivity index (χ1) is 9.60. The maximum absolute atomic E-state index is 5.22. The smallest absolute Gasteiger partial charge is 0.133 e. The molecule has 4 heteroatoms. The Kier molecular flexibility index (Phi) is 4.90. The normalized spacial score (nSPS) is 10.2. The van der Waals surface area contributed by atoms with Crippen molar-refractivity contribution in [2.45, 2.75) is 6.54 Å². The lowest BCUT2D eigenvalue weighted by molar-refractivity contribution is 0.412. The minimum Gasteiger partial charge on any atom is -0.496 e. The molecule has 0 heterocycles. The molecule has 2 aromatic rings. The molecule has 0 aliphatic rings. The zero-order valence-corrected chi connectivity index (χ0v) is 13.6. The van der Waals surface area contributed by atoms with Crippen molar-refractivity contribution in [2.75, 3.05) is 31.4 Å². The first-order valence-corrected chi connectivity index (χ1v) is 7.23. The van der Waals surface area contributed by atoms with Crippen molar-refractivity contribution >= 4 is 27.3 Å². The Hall–Kier alpha value is -1.68. The molecular weight excluding hydrogens is 316 g/mol. The zero-order chi connectivity index (χ0) is 14.5. The minimum atomic E-state index is 0.798. The van der Waals surface area contributed by atoms with Crippen LogP contribution in [0, 0.1) is 0 Å². The third-order valence-electron chi connectivity index (χ3n) is 3.10. The summed E-state index contributed by atoms with van der Waals surface area (Å²) in [5.41, 5.74) is 3.53. The Bertz CT molecular complexity index is 567. The molecular formula is C16H19BrN2O. The molecule has 0 amide bonds. The summed E-state index contributed by atoms with van der Waals surface area (Å²) < 4.78 is 6.17. The Labute approximate surface area is 128 Å². The van der Waals surface area contributed by atoms with Gasteiger partial charge in [0.2, 0.25) is 0 Å². The summed E-state index contributed by atoms with van der Waals surface area (Å²) in [7, 11) is 5.75. The summed E-state index contributed by atoms with van der Waals surface area (Å²) >= 11 is 3.49. The maximum atomic E-state index is 5.22. The number of anilines is 2. The Morgan fingerprint density at radius 3 is 2.35 bits per heavy atom. The molecule has 0 aliphatic carbocycles. The van der Waals surface area contributed by atoms with E-state index in [4.69, 9.17) is 4.74 Å². The van der Waals surface area contributed by atoms with Crippen LogP contribution in [-0.4, -0.2) is 21.2 Å². The maximum Gasteiger partial charge on any atom is 0.133 e. The van der Waals surface area contributed by atoms with Gasteiger partial charge < -0.3 is 15.0 Å². The van der Waals surface area contributed by atoms with Crippen LogP contribution in [0.2, 0.25) is 0 Å². The number of nitrogens with zero attached hydrogens (tertiary/aromatic N) is 1. The molecule has 3 nitrogen and oxygen atoms in total. The number of ether oxygens (including phenoxy) is 1. The summed E-state index contributed by atoms with van der Waals surface area (Å²) in [5, 5.41) is 3.40. The molecule has 0 saturated carbocycles. The second-order valence-electron chi connectivity index (χ2n) is 4.76. The molecule has 2 rings (SSSR count). The van der Waals surface area contributed by atoms with Crippen LogP contribution in [0.1, 0.15) is 5.56 Å². The van der Waals surface area contributed by atoms with Crippen LogP contribution in [0.15, 0.2) is 46.9 Å². The molecule has 0 saturated heterocycles. The average molecular weight is 335 g/mol. The van der Waals surface area contributed by atoms with E-state index < -0.39 is 0 Å². The lowest BCUT2D eigenvalue weighted by Crippen LogP contribution is -2.08. The van der Waals surface area contributed by atoms with Gasteiger partial charge in [0.15, 0.2) is 0 Å². The Morgan fingerprint density at radius 2 is 1.80 bits per heavy atom. The van der Waals surface area contributed by atoms with Crippen molar-refractivity contribution in [2.24, 2.45) is 0 Å². The molecule has 0 fully saturated rings. The van der Waals surface area contributed by atoms with E-state index in [2.05, 4.69) is 50.4 Å². The topological polar surface area (TPSA) is 24.5 Å². The van der Waals surface area contributed by atoms with Gasteiger partial charge in [-0.3, -0.25) is 0 Å². The van der Waals surface area contributed by atoms with Crippen molar-refractivity contribution in [1.82, 2.24) is 0 Å². The Balaban J connectivity index is 1.99. The van der Waals surface area contributed by atoms with E-state index in [1.807, 2.05) is 32.3 Å². The number of nitrogens with one attached hydrogen (secondary N) is 1. The van der Waals surface area contributed by atoms with Crippen molar-refractivity contribution in [1.29, 1.82) is 0 Å². The van der Waals surface area contributed by atoms with Crippen LogP contribution in [0.3, 0.4) is 0 Å². The number of rotatable bonds is 5. The summed E-state index contributed by atoms with van der Waals surface area (Å²) in [4.78, 5) is 2.10. The van der Waals surface area contributed by atoms with Gasteiger partial charge >= 0.3 is 0 Å². The largest absolute Gasteiger partial charge is 0.496 e. The van der Waals surface area contributed by atoms with Crippen LogP contribution in [-0.2, 0) is 6.54 Å². The second kappa shape index (κ2) is 6.66. The van der Waals surface area contributed by atoms with Crippen LogP contribution in [0.25, 0.3) is 0 Å². The predicted octanol–water partition coefficient (Wildman–Crippen LogP) is 4.14. The molecule has 106 valence electrons. The highest BCUT2D eigenvalue weighted by Crippen LogP contribution is 2.27. The van der Waals surface area contributed by atoms with Crippen molar-refractivity contribution in [3.05, 3.63) is 52.5 Å². The van der Waals surface area contributed by atoms with E-state index in [9.17, 15) is 0 Å². The van der Waals surface area contributed by atoms with Crippen molar-refractivity contribution in [3.63, 3.8) is 0 Å². The predicted molar refractivity (Wildman–Crippen MR) is 88.8 cm³/mol. The quantitative estimate of drug-likeness (QED) is 0.889. The standard InChI is InChI=1S/C16H19BrN2O/c1-19(2)14-7-4-12(5-8-14)11-18-13-6-9-16(20-3)15(17)10-13/h4-10,18H,11H2,1-3H3. The van der Waals surface area contributed by atoms with Gasteiger partial charge in [0.05, 0.1) is 11.6 Å². The number of hydrogen-bond acceptors (Lipinski definition) is 3. The fourth-order valence-corrected chi connectivity index (χ4v) is 2.43. The summed E-state index contributed by atoms with van der Waals surface area (Å²) in [6.45, 7) is 0.798. The summed E-state index contributed by atoms with van der Waals surface area (Å²) in [6, 6.07) is 14.5. The molecule has 0 spiro atoms. The highest BCUT2D eigenvalue weighted by molar-refractivity contribution is 9.10. The van der Waals surface area contributed by atoms with Gasteiger partial charge in [-0.1, -0.05) is 12.1 Å². The van der Waals surface area contributed by atoms with Crippen LogP contribution < -0.4 is 15.0 Å². The van der Waals surface area contributed by atoms with Gasteiger partial charge in [-0.2, -0.15) is 0 Å². The summed E-state index contributed by atoms with van der Waals surface area (Å²) in [6.07, 6.45) is 0. The molecule has 0 aliphatic heterocycles. The van der Waals surface area contributed by atoms with E-state index in [0.29, 0.717) is 0 Å². The SMILES string of the molecule is COc1ccc(NCc2ccc(N(C)C)cc2)cc1Br. The van der Waals surface area contributed by atoms with E-state index in [1.54, 1.807) is 7.11 Å². The third kappa shape index (κ3) is 3.67. The molecule has 0 aromatic heterocycles. The monoisotopic (exact) mass is 334 g/mol. The highest BCUT2D eigenvalue weighted by Gasteiger charge is 2.01. The van der Waals surface area contributed by atoms with Gasteiger partial charge in [-0.05, 0) is 51.8 Å². The van der Waals surface area contributed by atoms with Gasteiger partial charge in [0, 0.05) is 32.0 Å². The lowest BCUT2D eigenvalue weighted by atomic mass is 10.2. The highest BCUT2D eigenvalue weighted by atomic mass is 79.9. The van der Waals surface area contributed by atoms with E-state index in [0.717, 1.165) is 22.5 Å². The molecule has 0 atom stereocenters. The molecule has 0 unspecified atom stereocenters. The van der Waals surface area contributed by atoms with Crippen molar-refractivity contribution in [3.8, 4) is 5.75 Å². The van der Waals surface area contributed by atoms with Crippen molar-refractivity contribution < 1.29 is 4.74 Å². The first kappa shape index (κ1) is 14.7. The zero-order valence-electron chi connectivity index (χ0n) is 12.0. The van der Waals surface area contributed by atoms with Gasteiger partial charge in [-0.15, -0.1) is 0 Å².